The smallest absolute Gasteiger partial charge is 0.126 e. The Hall–Kier alpha value is -0.800. The summed E-state index contributed by atoms with van der Waals surface area (Å²) < 4.78 is 0. The maximum absolute atomic E-state index is 6.32. The molecule has 0 saturated carbocycles. The number of hydrogen-bond acceptors (Lipinski definition) is 3. The van der Waals surface area contributed by atoms with E-state index in [1.54, 1.807) is 0 Å². The number of anilines is 1. The highest BCUT2D eigenvalue weighted by atomic mass is 35.5. The Labute approximate surface area is 127 Å². The molecule has 3 nitrogen and oxygen atoms in total. The number of nitrogens with one attached hydrogen (secondary N) is 1. The average molecular weight is 296 g/mol. The van der Waals surface area contributed by atoms with Gasteiger partial charge in [-0.15, -0.1) is 0 Å². The Morgan fingerprint density at radius 2 is 2.20 bits per heavy atom. The first-order valence-electron chi connectivity index (χ1n) is 7.88. The van der Waals surface area contributed by atoms with Crippen LogP contribution in [0.2, 0.25) is 5.02 Å². The van der Waals surface area contributed by atoms with E-state index in [4.69, 9.17) is 11.6 Å². The predicted octanol–water partition coefficient (Wildman–Crippen LogP) is 4.32. The fourth-order valence-electron chi connectivity index (χ4n) is 3.00. The molecule has 0 radical (unpaired) electrons. The lowest BCUT2D eigenvalue weighted by Crippen LogP contribution is -2.39. The molecular weight excluding hydrogens is 270 g/mol. The maximum atomic E-state index is 6.32. The van der Waals surface area contributed by atoms with Crippen LogP contribution in [0.3, 0.4) is 0 Å². The molecular formula is C16H26ClN3. The maximum Gasteiger partial charge on any atom is 0.126 e. The molecule has 0 aliphatic carbocycles. The molecule has 1 aromatic heterocycles. The summed E-state index contributed by atoms with van der Waals surface area (Å²) in [6.45, 7) is 7.29. The van der Waals surface area contributed by atoms with Crippen molar-refractivity contribution in [1.82, 2.24) is 9.88 Å². The Kier molecular flexibility index (Phi) is 6.11. The lowest BCUT2D eigenvalue weighted by atomic mass is 9.98. The SMILES string of the molecule is CCCC1CCCCN1Cc1nc(NCC)ccc1Cl. The van der Waals surface area contributed by atoms with Crippen LogP contribution >= 0.6 is 11.6 Å². The second kappa shape index (κ2) is 7.84. The van der Waals surface area contributed by atoms with Crippen LogP contribution in [0.15, 0.2) is 12.1 Å². The Balaban J connectivity index is 2.08. The van der Waals surface area contributed by atoms with Crippen molar-refractivity contribution >= 4 is 17.4 Å². The number of piperidine rings is 1. The number of hydrogen-bond donors (Lipinski definition) is 1. The van der Waals surface area contributed by atoms with E-state index in [1.807, 2.05) is 12.1 Å². The van der Waals surface area contributed by atoms with Crippen LogP contribution in [-0.4, -0.2) is 29.0 Å². The zero-order valence-corrected chi connectivity index (χ0v) is 13.4. The quantitative estimate of drug-likeness (QED) is 0.847. The molecule has 0 spiro atoms. The van der Waals surface area contributed by atoms with Crippen molar-refractivity contribution in [3.63, 3.8) is 0 Å². The molecule has 112 valence electrons. The number of aromatic nitrogens is 1. The van der Waals surface area contributed by atoms with Gasteiger partial charge in [-0.05, 0) is 44.9 Å². The lowest BCUT2D eigenvalue weighted by Gasteiger charge is -2.35. The molecule has 4 heteroatoms. The van der Waals surface area contributed by atoms with E-state index in [1.165, 1.54) is 38.6 Å². The monoisotopic (exact) mass is 295 g/mol. The zero-order chi connectivity index (χ0) is 14.4. The van der Waals surface area contributed by atoms with Gasteiger partial charge in [0.2, 0.25) is 0 Å². The first-order chi connectivity index (χ1) is 9.74. The van der Waals surface area contributed by atoms with Gasteiger partial charge in [-0.3, -0.25) is 4.90 Å². The molecule has 1 N–H and O–H groups in total. The first-order valence-corrected chi connectivity index (χ1v) is 8.25. The summed E-state index contributed by atoms with van der Waals surface area (Å²) in [6, 6.07) is 4.62. The van der Waals surface area contributed by atoms with Gasteiger partial charge in [-0.1, -0.05) is 31.4 Å². The molecule has 1 unspecified atom stereocenters. The lowest BCUT2D eigenvalue weighted by molar-refractivity contribution is 0.130. The predicted molar refractivity (Wildman–Crippen MR) is 86.4 cm³/mol. The van der Waals surface area contributed by atoms with E-state index < -0.39 is 0 Å². The number of nitrogens with zero attached hydrogens (tertiary/aromatic N) is 2. The molecule has 0 aromatic carbocycles. The fraction of sp³-hybridized carbons (Fsp3) is 0.688. The van der Waals surface area contributed by atoms with Gasteiger partial charge in [-0.25, -0.2) is 4.98 Å². The highest BCUT2D eigenvalue weighted by Gasteiger charge is 2.22. The Morgan fingerprint density at radius 3 is 2.95 bits per heavy atom. The summed E-state index contributed by atoms with van der Waals surface area (Å²) in [5.41, 5.74) is 1.01. The van der Waals surface area contributed by atoms with Crippen LogP contribution < -0.4 is 5.32 Å². The van der Waals surface area contributed by atoms with E-state index in [-0.39, 0.29) is 0 Å². The molecule has 1 saturated heterocycles. The van der Waals surface area contributed by atoms with E-state index in [0.29, 0.717) is 6.04 Å². The number of pyridine rings is 1. The molecule has 1 aromatic rings. The highest BCUT2D eigenvalue weighted by molar-refractivity contribution is 6.31. The summed E-state index contributed by atoms with van der Waals surface area (Å²) in [5.74, 6) is 0.927. The van der Waals surface area contributed by atoms with Crippen molar-refractivity contribution < 1.29 is 0 Å². The molecule has 1 atom stereocenters. The van der Waals surface area contributed by atoms with E-state index in [9.17, 15) is 0 Å². The highest BCUT2D eigenvalue weighted by Crippen LogP contribution is 2.25. The molecule has 1 fully saturated rings. The van der Waals surface area contributed by atoms with Crippen LogP contribution in [0.25, 0.3) is 0 Å². The third-order valence-electron chi connectivity index (χ3n) is 4.00. The van der Waals surface area contributed by atoms with Gasteiger partial charge in [0.15, 0.2) is 0 Å². The van der Waals surface area contributed by atoms with Gasteiger partial charge in [0.25, 0.3) is 0 Å². The summed E-state index contributed by atoms with van der Waals surface area (Å²) in [7, 11) is 0. The van der Waals surface area contributed by atoms with Crippen LogP contribution in [0, 0.1) is 0 Å². The van der Waals surface area contributed by atoms with Gasteiger partial charge in [0.1, 0.15) is 5.82 Å². The molecule has 0 bridgehead atoms. The normalized spacial score (nSPS) is 20.1. The molecule has 0 amide bonds. The second-order valence-electron chi connectivity index (χ2n) is 5.56. The van der Waals surface area contributed by atoms with Gasteiger partial charge >= 0.3 is 0 Å². The van der Waals surface area contributed by atoms with Gasteiger partial charge in [0, 0.05) is 19.1 Å². The minimum atomic E-state index is 0.703. The number of halogens is 1. The topological polar surface area (TPSA) is 28.2 Å². The van der Waals surface area contributed by atoms with Crippen LogP contribution in [0.4, 0.5) is 5.82 Å². The van der Waals surface area contributed by atoms with Crippen LogP contribution in [0.1, 0.15) is 51.6 Å². The minimum absolute atomic E-state index is 0.703. The van der Waals surface area contributed by atoms with Gasteiger partial charge in [-0.2, -0.15) is 0 Å². The zero-order valence-electron chi connectivity index (χ0n) is 12.7. The van der Waals surface area contributed by atoms with Gasteiger partial charge < -0.3 is 5.32 Å². The van der Waals surface area contributed by atoms with Crippen molar-refractivity contribution in [2.45, 2.75) is 58.5 Å². The van der Waals surface area contributed by atoms with Crippen molar-refractivity contribution in [2.24, 2.45) is 0 Å². The summed E-state index contributed by atoms with van der Waals surface area (Å²) in [5, 5.41) is 4.05. The summed E-state index contributed by atoms with van der Waals surface area (Å²) in [6.07, 6.45) is 6.51. The number of likely N-dealkylation sites (tertiary alicyclic amines) is 1. The van der Waals surface area contributed by atoms with Crippen molar-refractivity contribution in [1.29, 1.82) is 0 Å². The van der Waals surface area contributed by atoms with E-state index in [0.717, 1.165) is 29.6 Å². The standard InChI is InChI=1S/C16H26ClN3/c1-3-7-13-8-5-6-11-20(13)12-15-14(17)9-10-16(19-15)18-4-2/h9-10,13H,3-8,11-12H2,1-2H3,(H,18,19). The van der Waals surface area contributed by atoms with Crippen LogP contribution in [0.5, 0.6) is 0 Å². The largest absolute Gasteiger partial charge is 0.370 e. The fourth-order valence-corrected chi connectivity index (χ4v) is 3.16. The summed E-state index contributed by atoms with van der Waals surface area (Å²) in [4.78, 5) is 7.23. The molecule has 20 heavy (non-hydrogen) atoms. The summed E-state index contributed by atoms with van der Waals surface area (Å²) >= 11 is 6.32. The molecule has 2 heterocycles. The Morgan fingerprint density at radius 1 is 1.35 bits per heavy atom. The third-order valence-corrected chi connectivity index (χ3v) is 4.34. The third kappa shape index (κ3) is 4.10. The number of rotatable bonds is 6. The first kappa shape index (κ1) is 15.6. The van der Waals surface area contributed by atoms with E-state index in [2.05, 4.69) is 29.0 Å². The van der Waals surface area contributed by atoms with Crippen molar-refractivity contribution in [2.75, 3.05) is 18.4 Å². The van der Waals surface area contributed by atoms with E-state index >= 15 is 0 Å². The molecule has 2 rings (SSSR count). The Bertz CT molecular complexity index is 420. The second-order valence-corrected chi connectivity index (χ2v) is 5.97. The molecule has 1 aliphatic heterocycles. The van der Waals surface area contributed by atoms with Gasteiger partial charge in [0.05, 0.1) is 10.7 Å². The molecule has 1 aliphatic rings. The average Bonchev–Trinajstić information content (AvgIpc) is 2.45. The minimum Gasteiger partial charge on any atom is -0.370 e. The van der Waals surface area contributed by atoms with Crippen LogP contribution in [-0.2, 0) is 6.54 Å². The van der Waals surface area contributed by atoms with Crippen molar-refractivity contribution in [3.8, 4) is 0 Å². The van der Waals surface area contributed by atoms with Crippen molar-refractivity contribution in [3.05, 3.63) is 22.8 Å².